The van der Waals surface area contributed by atoms with Gasteiger partial charge in [0.1, 0.15) is 5.69 Å². The third kappa shape index (κ3) is 5.28. The lowest BCUT2D eigenvalue weighted by Crippen LogP contribution is -2.17. The third-order valence-corrected chi connectivity index (χ3v) is 6.73. The summed E-state index contributed by atoms with van der Waals surface area (Å²) < 4.78 is 4.16. The van der Waals surface area contributed by atoms with Gasteiger partial charge in [-0.3, -0.25) is 15.1 Å². The van der Waals surface area contributed by atoms with Crippen LogP contribution < -0.4 is 5.32 Å². The Morgan fingerprint density at radius 2 is 1.94 bits per heavy atom. The maximum absolute atomic E-state index is 12.8. The van der Waals surface area contributed by atoms with Crippen LogP contribution in [-0.4, -0.2) is 30.0 Å². The molecule has 7 nitrogen and oxygen atoms in total. The van der Waals surface area contributed by atoms with E-state index < -0.39 is 0 Å². The van der Waals surface area contributed by atoms with Crippen LogP contribution >= 0.6 is 11.3 Å². The molecule has 168 valence electrons. The Kier molecular flexibility index (Phi) is 6.44. The highest BCUT2D eigenvalue weighted by atomic mass is 32.1. The number of amides is 1. The van der Waals surface area contributed by atoms with E-state index in [4.69, 9.17) is 0 Å². The standard InChI is InChI=1S/C25H26N6OS/c32-24(23-7-4-14-30(23)15-19-10-12-26-13-11-19)29-25-28-21(17-33-25)9-8-20-16-31(18-27-20)22-5-2-1-3-6-22/h4,7-14,16-18,22H,1-3,5-6,15H2,(H,28,29,32). The monoisotopic (exact) mass is 458 g/mol. The highest BCUT2D eigenvalue weighted by molar-refractivity contribution is 7.14. The van der Waals surface area contributed by atoms with Gasteiger partial charge in [-0.25, -0.2) is 9.97 Å². The topological polar surface area (TPSA) is 77.6 Å². The summed E-state index contributed by atoms with van der Waals surface area (Å²) in [6.45, 7) is 0.609. The molecule has 1 aliphatic rings. The maximum Gasteiger partial charge on any atom is 0.274 e. The average molecular weight is 459 g/mol. The van der Waals surface area contributed by atoms with Gasteiger partial charge in [-0.15, -0.1) is 11.3 Å². The molecule has 1 N–H and O–H groups in total. The number of nitrogens with one attached hydrogen (secondary N) is 1. The number of carbonyl (C=O) groups excluding carboxylic acids is 1. The van der Waals surface area contributed by atoms with Gasteiger partial charge in [0.05, 0.1) is 17.7 Å². The van der Waals surface area contributed by atoms with Crippen molar-refractivity contribution < 1.29 is 4.79 Å². The smallest absolute Gasteiger partial charge is 0.274 e. The summed E-state index contributed by atoms with van der Waals surface area (Å²) in [6.07, 6.45) is 19.8. The fourth-order valence-electron chi connectivity index (χ4n) is 4.21. The predicted octanol–water partition coefficient (Wildman–Crippen LogP) is 5.51. The highest BCUT2D eigenvalue weighted by Crippen LogP contribution is 2.28. The molecule has 0 bridgehead atoms. The van der Waals surface area contributed by atoms with E-state index in [0.29, 0.717) is 23.4 Å². The molecule has 4 aromatic heterocycles. The fraction of sp³-hybridized carbons (Fsp3) is 0.280. The van der Waals surface area contributed by atoms with Crippen molar-refractivity contribution in [3.8, 4) is 0 Å². The lowest BCUT2D eigenvalue weighted by atomic mass is 9.95. The van der Waals surface area contributed by atoms with E-state index >= 15 is 0 Å². The number of anilines is 1. The summed E-state index contributed by atoms with van der Waals surface area (Å²) in [4.78, 5) is 25.9. The molecule has 0 radical (unpaired) electrons. The second kappa shape index (κ2) is 9.95. The highest BCUT2D eigenvalue weighted by Gasteiger charge is 2.15. The summed E-state index contributed by atoms with van der Waals surface area (Å²) in [5.41, 5.74) is 3.40. The van der Waals surface area contributed by atoms with Crippen molar-refractivity contribution in [3.63, 3.8) is 0 Å². The number of carbonyl (C=O) groups is 1. The molecule has 1 fully saturated rings. The zero-order chi connectivity index (χ0) is 22.5. The molecule has 1 aliphatic carbocycles. The summed E-state index contributed by atoms with van der Waals surface area (Å²) in [7, 11) is 0. The van der Waals surface area contributed by atoms with Crippen LogP contribution in [0.3, 0.4) is 0 Å². The molecule has 0 unspecified atom stereocenters. The lowest BCUT2D eigenvalue weighted by Gasteiger charge is -2.22. The molecule has 0 aliphatic heterocycles. The minimum absolute atomic E-state index is 0.176. The van der Waals surface area contributed by atoms with E-state index in [1.54, 1.807) is 12.4 Å². The number of hydrogen-bond acceptors (Lipinski definition) is 5. The second-order valence-electron chi connectivity index (χ2n) is 8.28. The number of pyridine rings is 1. The second-order valence-corrected chi connectivity index (χ2v) is 9.14. The number of imidazole rings is 1. The first-order valence-corrected chi connectivity index (χ1v) is 12.1. The Bertz CT molecular complexity index is 1230. The van der Waals surface area contributed by atoms with E-state index in [9.17, 15) is 4.79 Å². The third-order valence-electron chi connectivity index (χ3n) is 5.95. The quantitative estimate of drug-likeness (QED) is 0.396. The van der Waals surface area contributed by atoms with Crippen LogP contribution in [0.4, 0.5) is 5.13 Å². The van der Waals surface area contributed by atoms with Crippen molar-refractivity contribution in [2.75, 3.05) is 5.32 Å². The minimum atomic E-state index is -0.176. The molecule has 0 spiro atoms. The van der Waals surface area contributed by atoms with Gasteiger partial charge in [-0.2, -0.15) is 0 Å². The average Bonchev–Trinajstić information content (AvgIpc) is 3.60. The van der Waals surface area contributed by atoms with Gasteiger partial charge in [0, 0.05) is 42.8 Å². The van der Waals surface area contributed by atoms with E-state index in [0.717, 1.165) is 17.0 Å². The molecule has 4 heterocycles. The number of hydrogen-bond donors (Lipinski definition) is 1. The molecule has 0 saturated heterocycles. The Morgan fingerprint density at radius 1 is 1.12 bits per heavy atom. The van der Waals surface area contributed by atoms with Gasteiger partial charge < -0.3 is 9.13 Å². The van der Waals surface area contributed by atoms with Gasteiger partial charge >= 0.3 is 0 Å². The van der Waals surface area contributed by atoms with Crippen molar-refractivity contribution in [2.24, 2.45) is 0 Å². The van der Waals surface area contributed by atoms with E-state index in [-0.39, 0.29) is 5.91 Å². The maximum atomic E-state index is 12.8. The normalized spacial score (nSPS) is 14.7. The Balaban J connectivity index is 1.21. The number of aromatic nitrogens is 5. The van der Waals surface area contributed by atoms with Crippen LogP contribution in [0.2, 0.25) is 0 Å². The van der Waals surface area contributed by atoms with Crippen LogP contribution in [0.15, 0.2) is 60.8 Å². The number of nitrogens with zero attached hydrogens (tertiary/aromatic N) is 5. The van der Waals surface area contributed by atoms with Gasteiger partial charge in [0.2, 0.25) is 0 Å². The largest absolute Gasteiger partial charge is 0.339 e. The zero-order valence-electron chi connectivity index (χ0n) is 18.3. The van der Waals surface area contributed by atoms with Crippen molar-refractivity contribution in [3.05, 3.63) is 83.4 Å². The van der Waals surface area contributed by atoms with Gasteiger partial charge in [0.25, 0.3) is 5.91 Å². The molecule has 33 heavy (non-hydrogen) atoms. The lowest BCUT2D eigenvalue weighted by molar-refractivity contribution is 0.101. The van der Waals surface area contributed by atoms with Gasteiger partial charge in [0.15, 0.2) is 5.13 Å². The van der Waals surface area contributed by atoms with Crippen molar-refractivity contribution in [1.29, 1.82) is 0 Å². The van der Waals surface area contributed by atoms with Crippen molar-refractivity contribution in [2.45, 2.75) is 44.7 Å². The Labute approximate surface area is 196 Å². The summed E-state index contributed by atoms with van der Waals surface area (Å²) in [5, 5.41) is 5.42. The predicted molar refractivity (Wildman–Crippen MR) is 131 cm³/mol. The van der Waals surface area contributed by atoms with E-state index in [1.165, 1.54) is 43.4 Å². The van der Waals surface area contributed by atoms with E-state index in [1.807, 2.05) is 58.9 Å². The molecule has 0 aromatic carbocycles. The summed E-state index contributed by atoms with van der Waals surface area (Å²) in [6, 6.07) is 8.15. The minimum Gasteiger partial charge on any atom is -0.339 e. The van der Waals surface area contributed by atoms with E-state index in [2.05, 4.69) is 31.0 Å². The van der Waals surface area contributed by atoms with Crippen molar-refractivity contribution in [1.82, 2.24) is 24.1 Å². The summed E-state index contributed by atoms with van der Waals surface area (Å²) >= 11 is 1.41. The Hall–Kier alpha value is -3.52. The van der Waals surface area contributed by atoms with Gasteiger partial charge in [-0.05, 0) is 54.8 Å². The molecular weight excluding hydrogens is 432 g/mol. The first-order valence-electron chi connectivity index (χ1n) is 11.3. The summed E-state index contributed by atoms with van der Waals surface area (Å²) in [5.74, 6) is -0.176. The molecule has 5 rings (SSSR count). The molecule has 1 saturated carbocycles. The molecule has 4 aromatic rings. The fourth-order valence-corrected chi connectivity index (χ4v) is 4.89. The van der Waals surface area contributed by atoms with Crippen LogP contribution in [0, 0.1) is 0 Å². The number of thiazole rings is 1. The first-order chi connectivity index (χ1) is 16.2. The molecule has 1 amide bonds. The van der Waals surface area contributed by atoms with Crippen LogP contribution in [0.1, 0.15) is 65.6 Å². The number of rotatable bonds is 7. The van der Waals surface area contributed by atoms with Crippen LogP contribution in [-0.2, 0) is 6.54 Å². The molecule has 0 atom stereocenters. The van der Waals surface area contributed by atoms with Crippen LogP contribution in [0.25, 0.3) is 12.2 Å². The Morgan fingerprint density at radius 3 is 2.79 bits per heavy atom. The van der Waals surface area contributed by atoms with Crippen molar-refractivity contribution >= 4 is 34.5 Å². The van der Waals surface area contributed by atoms with Gasteiger partial charge in [-0.1, -0.05) is 19.3 Å². The molecular formula is C25H26N6OS. The zero-order valence-corrected chi connectivity index (χ0v) is 19.1. The van der Waals surface area contributed by atoms with Crippen LogP contribution in [0.5, 0.6) is 0 Å². The SMILES string of the molecule is O=C(Nc1nc(C=Cc2cn(C3CCCCC3)cn2)cs1)c1cccn1Cc1ccncc1. The molecule has 8 heteroatoms. The first kappa shape index (κ1) is 21.3.